The van der Waals surface area contributed by atoms with Crippen molar-refractivity contribution in [2.75, 3.05) is 20.1 Å². The van der Waals surface area contributed by atoms with Gasteiger partial charge in [0, 0.05) is 32.2 Å². The normalized spacial score (nSPS) is 23.5. The van der Waals surface area contributed by atoms with Gasteiger partial charge in [-0.1, -0.05) is 25.7 Å². The number of rotatable bonds is 3. The molecule has 132 valence electrons. The van der Waals surface area contributed by atoms with Crippen molar-refractivity contribution in [2.45, 2.75) is 77.3 Å². The summed E-state index contributed by atoms with van der Waals surface area (Å²) in [7, 11) is 1.96. The molecule has 2 rings (SSSR count). The largest absolute Gasteiger partial charge is 0.342 e. The Hall–Kier alpha value is -1.26. The predicted octanol–water partition coefficient (Wildman–Crippen LogP) is 3.00. The fraction of sp³-hybridized carbons (Fsp3) is 0.889. The van der Waals surface area contributed by atoms with Crippen molar-refractivity contribution >= 4 is 11.9 Å². The highest BCUT2D eigenvalue weighted by Crippen LogP contribution is 2.25. The summed E-state index contributed by atoms with van der Waals surface area (Å²) >= 11 is 0. The maximum absolute atomic E-state index is 12.9. The lowest BCUT2D eigenvalue weighted by molar-refractivity contribution is -0.138. The van der Waals surface area contributed by atoms with Gasteiger partial charge in [-0.3, -0.25) is 4.79 Å². The van der Waals surface area contributed by atoms with Crippen LogP contribution in [0.5, 0.6) is 0 Å². The average Bonchev–Trinajstić information content (AvgIpc) is 2.82. The van der Waals surface area contributed by atoms with Gasteiger partial charge >= 0.3 is 6.03 Å². The fourth-order valence-corrected chi connectivity index (χ4v) is 3.81. The Morgan fingerprint density at radius 1 is 1.04 bits per heavy atom. The fourth-order valence-electron chi connectivity index (χ4n) is 3.81. The van der Waals surface area contributed by atoms with Gasteiger partial charge in [-0.05, 0) is 39.5 Å². The van der Waals surface area contributed by atoms with E-state index in [1.807, 2.05) is 30.7 Å². The second-order valence-corrected chi connectivity index (χ2v) is 7.48. The predicted molar refractivity (Wildman–Crippen MR) is 92.2 cm³/mol. The van der Waals surface area contributed by atoms with Crippen LogP contribution >= 0.6 is 0 Å². The Kier molecular flexibility index (Phi) is 6.72. The van der Waals surface area contributed by atoms with E-state index in [0.717, 1.165) is 32.2 Å². The topological polar surface area (TPSA) is 52.7 Å². The molecule has 1 atom stereocenters. The second kappa shape index (κ2) is 8.55. The van der Waals surface area contributed by atoms with E-state index < -0.39 is 0 Å². The number of hydrogen-bond acceptors (Lipinski definition) is 2. The Morgan fingerprint density at radius 2 is 1.70 bits per heavy atom. The van der Waals surface area contributed by atoms with Crippen LogP contribution in [0.15, 0.2) is 0 Å². The van der Waals surface area contributed by atoms with E-state index >= 15 is 0 Å². The number of nitrogens with one attached hydrogen (secondary N) is 1. The monoisotopic (exact) mass is 323 g/mol. The van der Waals surface area contributed by atoms with Gasteiger partial charge in [-0.15, -0.1) is 0 Å². The van der Waals surface area contributed by atoms with Crippen LogP contribution in [-0.2, 0) is 4.79 Å². The van der Waals surface area contributed by atoms with Gasteiger partial charge in [-0.2, -0.15) is 0 Å². The minimum Gasteiger partial charge on any atom is -0.342 e. The van der Waals surface area contributed by atoms with Crippen molar-refractivity contribution in [1.82, 2.24) is 15.1 Å². The van der Waals surface area contributed by atoms with Crippen molar-refractivity contribution in [3.05, 3.63) is 0 Å². The smallest absolute Gasteiger partial charge is 0.317 e. The molecule has 0 spiro atoms. The van der Waals surface area contributed by atoms with Gasteiger partial charge in [0.1, 0.15) is 0 Å². The molecule has 0 aromatic heterocycles. The molecule has 2 aliphatic rings. The lowest BCUT2D eigenvalue weighted by Gasteiger charge is -2.36. The molecule has 1 N–H and O–H groups in total. The Labute approximate surface area is 140 Å². The van der Waals surface area contributed by atoms with E-state index in [1.165, 1.54) is 25.7 Å². The number of nitrogens with zero attached hydrogens (tertiary/aromatic N) is 2. The first-order chi connectivity index (χ1) is 11.0. The number of piperidine rings is 1. The summed E-state index contributed by atoms with van der Waals surface area (Å²) in [5.41, 5.74) is 0. The van der Waals surface area contributed by atoms with Gasteiger partial charge in [-0.25, -0.2) is 4.79 Å². The summed E-state index contributed by atoms with van der Waals surface area (Å²) in [6.07, 6.45) is 9.14. The first kappa shape index (κ1) is 18.1. The number of hydrogen-bond donors (Lipinski definition) is 1. The van der Waals surface area contributed by atoms with Crippen LogP contribution in [0.25, 0.3) is 0 Å². The molecule has 3 amide bonds. The maximum Gasteiger partial charge on any atom is 0.317 e. The molecule has 23 heavy (non-hydrogen) atoms. The average molecular weight is 323 g/mol. The molecule has 5 heteroatoms. The molecule has 1 saturated heterocycles. The first-order valence-electron chi connectivity index (χ1n) is 9.31. The van der Waals surface area contributed by atoms with E-state index in [-0.39, 0.29) is 23.9 Å². The molecule has 1 aliphatic heterocycles. The van der Waals surface area contributed by atoms with Crippen LogP contribution < -0.4 is 5.32 Å². The summed E-state index contributed by atoms with van der Waals surface area (Å²) in [4.78, 5) is 28.8. The number of urea groups is 1. The lowest BCUT2D eigenvalue weighted by atomic mass is 9.95. The number of carbonyl (C=O) groups excluding carboxylic acids is 2. The standard InChI is InChI=1S/C18H33N3O2/c1-14(2)19-18(23)21-12-8-9-15(13-21)17(22)20(3)16-10-6-4-5-7-11-16/h14-16H,4-13H2,1-3H3,(H,19,23). The molecule has 1 saturated carbocycles. The molecule has 2 fully saturated rings. The number of likely N-dealkylation sites (tertiary alicyclic amines) is 1. The number of carbonyl (C=O) groups is 2. The minimum atomic E-state index is -0.0328. The van der Waals surface area contributed by atoms with Gasteiger partial charge in [0.15, 0.2) is 0 Å². The van der Waals surface area contributed by atoms with E-state index in [4.69, 9.17) is 0 Å². The minimum absolute atomic E-state index is 0.0325. The Bertz CT molecular complexity index is 403. The van der Waals surface area contributed by atoms with Crippen molar-refractivity contribution < 1.29 is 9.59 Å². The third-order valence-corrected chi connectivity index (χ3v) is 5.19. The highest BCUT2D eigenvalue weighted by molar-refractivity contribution is 5.81. The SMILES string of the molecule is CC(C)NC(=O)N1CCCC(C(=O)N(C)C2CCCCCC2)C1. The van der Waals surface area contributed by atoms with Crippen molar-refractivity contribution in [3.8, 4) is 0 Å². The van der Waals surface area contributed by atoms with E-state index in [1.54, 1.807) is 0 Å². The summed E-state index contributed by atoms with van der Waals surface area (Å²) < 4.78 is 0. The molecule has 1 unspecified atom stereocenters. The Balaban J connectivity index is 1.91. The molecule has 0 bridgehead atoms. The maximum atomic E-state index is 12.9. The second-order valence-electron chi connectivity index (χ2n) is 7.48. The first-order valence-corrected chi connectivity index (χ1v) is 9.31. The van der Waals surface area contributed by atoms with Crippen LogP contribution in [0.1, 0.15) is 65.2 Å². The molecular weight excluding hydrogens is 290 g/mol. The summed E-state index contributed by atoms with van der Waals surface area (Å²) in [5.74, 6) is 0.203. The van der Waals surface area contributed by atoms with Gasteiger partial charge in [0.2, 0.25) is 5.91 Å². The molecule has 0 aromatic rings. The lowest BCUT2D eigenvalue weighted by Crippen LogP contribution is -2.51. The molecular formula is C18H33N3O2. The highest BCUT2D eigenvalue weighted by Gasteiger charge is 2.32. The van der Waals surface area contributed by atoms with Crippen LogP contribution in [0.3, 0.4) is 0 Å². The summed E-state index contributed by atoms with van der Waals surface area (Å²) in [6, 6.07) is 0.492. The van der Waals surface area contributed by atoms with Gasteiger partial charge < -0.3 is 15.1 Å². The number of amides is 3. The highest BCUT2D eigenvalue weighted by atomic mass is 16.2. The van der Waals surface area contributed by atoms with Crippen LogP contribution in [-0.4, -0.2) is 54.0 Å². The quantitative estimate of drug-likeness (QED) is 0.812. The van der Waals surface area contributed by atoms with Crippen LogP contribution in [0.4, 0.5) is 4.79 Å². The summed E-state index contributed by atoms with van der Waals surface area (Å²) in [5, 5.41) is 2.93. The molecule has 1 aliphatic carbocycles. The Morgan fingerprint density at radius 3 is 2.30 bits per heavy atom. The van der Waals surface area contributed by atoms with Crippen LogP contribution in [0, 0.1) is 5.92 Å². The zero-order valence-corrected chi connectivity index (χ0v) is 15.0. The molecule has 0 aromatic carbocycles. The van der Waals surface area contributed by atoms with Gasteiger partial charge in [0.25, 0.3) is 0 Å². The van der Waals surface area contributed by atoms with E-state index in [9.17, 15) is 9.59 Å². The third kappa shape index (κ3) is 5.11. The molecule has 0 radical (unpaired) electrons. The summed E-state index contributed by atoms with van der Waals surface area (Å²) in [6.45, 7) is 5.25. The van der Waals surface area contributed by atoms with E-state index in [2.05, 4.69) is 5.32 Å². The van der Waals surface area contributed by atoms with Gasteiger partial charge in [0.05, 0.1) is 5.92 Å². The molecule has 5 nitrogen and oxygen atoms in total. The molecule has 1 heterocycles. The van der Waals surface area contributed by atoms with Crippen LogP contribution in [0.2, 0.25) is 0 Å². The van der Waals surface area contributed by atoms with Crippen molar-refractivity contribution in [3.63, 3.8) is 0 Å². The zero-order chi connectivity index (χ0) is 16.8. The zero-order valence-electron chi connectivity index (χ0n) is 15.0. The van der Waals surface area contributed by atoms with Crippen molar-refractivity contribution in [2.24, 2.45) is 5.92 Å². The third-order valence-electron chi connectivity index (χ3n) is 5.19. The van der Waals surface area contributed by atoms with E-state index in [0.29, 0.717) is 12.6 Å². The van der Waals surface area contributed by atoms with Crippen molar-refractivity contribution in [1.29, 1.82) is 0 Å².